The molecular weight excluding hydrogens is 174 g/mol. The van der Waals surface area contributed by atoms with Crippen LogP contribution in [0.1, 0.15) is 0 Å². The molecule has 2 aliphatic heterocycles. The van der Waals surface area contributed by atoms with Gasteiger partial charge in [-0.2, -0.15) is 0 Å². The Labute approximate surface area is 84.3 Å². The predicted octanol–water partition coefficient (Wildman–Crippen LogP) is 0.833. The molecule has 1 spiro atoms. The maximum atomic E-state index is 4.36. The number of pyridine rings is 1. The number of hydrogen-bond donors (Lipinski definition) is 0. The molecule has 1 aromatic rings. The molecule has 2 aliphatic rings. The van der Waals surface area contributed by atoms with Crippen LogP contribution in [0.3, 0.4) is 0 Å². The first-order valence-electron chi connectivity index (χ1n) is 5.12. The van der Waals surface area contributed by atoms with Crippen molar-refractivity contribution < 1.29 is 0 Å². The van der Waals surface area contributed by atoms with Crippen LogP contribution >= 0.6 is 0 Å². The van der Waals surface area contributed by atoms with Crippen molar-refractivity contribution in [1.82, 2.24) is 9.88 Å². The van der Waals surface area contributed by atoms with E-state index < -0.39 is 0 Å². The van der Waals surface area contributed by atoms with E-state index in [0.29, 0.717) is 5.41 Å². The largest absolute Gasteiger partial charge is 0.355 e. The zero-order valence-corrected chi connectivity index (χ0v) is 8.48. The van der Waals surface area contributed by atoms with E-state index in [4.69, 9.17) is 0 Å². The van der Waals surface area contributed by atoms with E-state index in [2.05, 4.69) is 34.0 Å². The second-order valence-corrected chi connectivity index (χ2v) is 4.72. The SMILES string of the molecule is CN1CC2(C1)CN(c1ccccn1)C2. The standard InChI is InChI=1S/C11H15N3/c1-13-6-11(7-13)8-14(9-11)10-4-2-3-5-12-10/h2-5H,6-9H2,1H3. The van der Waals surface area contributed by atoms with E-state index in [1.807, 2.05) is 12.3 Å². The molecule has 2 fully saturated rings. The highest BCUT2D eigenvalue weighted by Gasteiger charge is 2.50. The van der Waals surface area contributed by atoms with Crippen molar-refractivity contribution in [2.75, 3.05) is 38.1 Å². The second-order valence-electron chi connectivity index (χ2n) is 4.72. The average Bonchev–Trinajstić information content (AvgIpc) is 2.10. The fourth-order valence-electron chi connectivity index (χ4n) is 2.77. The van der Waals surface area contributed by atoms with E-state index in [-0.39, 0.29) is 0 Å². The summed E-state index contributed by atoms with van der Waals surface area (Å²) in [6.07, 6.45) is 1.87. The molecule has 3 rings (SSSR count). The lowest BCUT2D eigenvalue weighted by Crippen LogP contribution is -2.71. The van der Waals surface area contributed by atoms with Gasteiger partial charge in [-0.3, -0.25) is 0 Å². The summed E-state index contributed by atoms with van der Waals surface area (Å²) < 4.78 is 0. The van der Waals surface area contributed by atoms with Gasteiger partial charge in [0.25, 0.3) is 0 Å². The van der Waals surface area contributed by atoms with Gasteiger partial charge in [0.15, 0.2) is 0 Å². The molecule has 0 bridgehead atoms. The van der Waals surface area contributed by atoms with Crippen LogP contribution in [-0.2, 0) is 0 Å². The quantitative estimate of drug-likeness (QED) is 0.652. The van der Waals surface area contributed by atoms with Crippen molar-refractivity contribution in [2.24, 2.45) is 5.41 Å². The maximum Gasteiger partial charge on any atom is 0.128 e. The Morgan fingerprint density at radius 3 is 2.57 bits per heavy atom. The molecule has 0 atom stereocenters. The van der Waals surface area contributed by atoms with Gasteiger partial charge in [-0.05, 0) is 19.2 Å². The third-order valence-electron chi connectivity index (χ3n) is 3.24. The summed E-state index contributed by atoms with van der Waals surface area (Å²) >= 11 is 0. The lowest BCUT2D eigenvalue weighted by molar-refractivity contribution is -0.00279. The van der Waals surface area contributed by atoms with E-state index >= 15 is 0 Å². The summed E-state index contributed by atoms with van der Waals surface area (Å²) in [6.45, 7) is 4.90. The molecule has 14 heavy (non-hydrogen) atoms. The smallest absolute Gasteiger partial charge is 0.128 e. The Morgan fingerprint density at radius 1 is 1.21 bits per heavy atom. The second kappa shape index (κ2) is 2.70. The van der Waals surface area contributed by atoms with Gasteiger partial charge in [0.2, 0.25) is 0 Å². The van der Waals surface area contributed by atoms with Crippen LogP contribution in [0.15, 0.2) is 24.4 Å². The van der Waals surface area contributed by atoms with Crippen LogP contribution in [0, 0.1) is 5.41 Å². The van der Waals surface area contributed by atoms with Gasteiger partial charge in [-0.15, -0.1) is 0 Å². The van der Waals surface area contributed by atoms with Crippen LogP contribution in [-0.4, -0.2) is 43.1 Å². The molecule has 3 nitrogen and oxygen atoms in total. The van der Waals surface area contributed by atoms with Gasteiger partial charge in [0.05, 0.1) is 0 Å². The number of nitrogens with zero attached hydrogens (tertiary/aromatic N) is 3. The first-order valence-corrected chi connectivity index (χ1v) is 5.12. The normalized spacial score (nSPS) is 24.5. The van der Waals surface area contributed by atoms with Crippen LogP contribution < -0.4 is 4.90 Å². The molecule has 0 radical (unpaired) electrons. The Balaban J connectivity index is 1.65. The summed E-state index contributed by atoms with van der Waals surface area (Å²) in [6, 6.07) is 6.12. The number of hydrogen-bond acceptors (Lipinski definition) is 3. The van der Waals surface area contributed by atoms with E-state index in [1.165, 1.54) is 26.2 Å². The molecule has 3 heterocycles. The summed E-state index contributed by atoms with van der Waals surface area (Å²) in [7, 11) is 2.19. The molecule has 0 unspecified atom stereocenters. The Hall–Kier alpha value is -1.09. The van der Waals surface area contributed by atoms with Gasteiger partial charge in [0, 0.05) is 37.8 Å². The number of rotatable bonds is 1. The van der Waals surface area contributed by atoms with Crippen LogP contribution in [0.5, 0.6) is 0 Å². The first-order chi connectivity index (χ1) is 6.77. The Bertz CT molecular complexity index is 322. The van der Waals surface area contributed by atoms with Crippen molar-refractivity contribution in [2.45, 2.75) is 0 Å². The lowest BCUT2D eigenvalue weighted by atomic mass is 9.73. The minimum atomic E-state index is 0.603. The highest BCUT2D eigenvalue weighted by molar-refractivity contribution is 5.43. The third-order valence-corrected chi connectivity index (χ3v) is 3.24. The van der Waals surface area contributed by atoms with Crippen LogP contribution in [0.4, 0.5) is 5.82 Å². The molecule has 0 amide bonds. The molecular formula is C11H15N3. The first kappa shape index (κ1) is 8.24. The molecule has 0 N–H and O–H groups in total. The lowest BCUT2D eigenvalue weighted by Gasteiger charge is -2.59. The topological polar surface area (TPSA) is 19.4 Å². The van der Waals surface area contributed by atoms with Gasteiger partial charge >= 0.3 is 0 Å². The van der Waals surface area contributed by atoms with Crippen LogP contribution in [0.2, 0.25) is 0 Å². The van der Waals surface area contributed by atoms with Crippen molar-refractivity contribution in [3.8, 4) is 0 Å². The van der Waals surface area contributed by atoms with Crippen molar-refractivity contribution in [3.05, 3.63) is 24.4 Å². The summed E-state index contributed by atoms with van der Waals surface area (Å²) in [5.41, 5.74) is 0.603. The molecule has 74 valence electrons. The molecule has 0 aliphatic carbocycles. The summed E-state index contributed by atoms with van der Waals surface area (Å²) in [5, 5.41) is 0. The van der Waals surface area contributed by atoms with E-state index in [1.54, 1.807) is 0 Å². The Kier molecular flexibility index (Phi) is 1.59. The molecule has 0 saturated carbocycles. The van der Waals surface area contributed by atoms with E-state index in [0.717, 1.165) is 5.82 Å². The van der Waals surface area contributed by atoms with Crippen molar-refractivity contribution in [1.29, 1.82) is 0 Å². The highest BCUT2D eigenvalue weighted by atomic mass is 15.3. The van der Waals surface area contributed by atoms with Crippen molar-refractivity contribution >= 4 is 5.82 Å². The molecule has 1 aromatic heterocycles. The third kappa shape index (κ3) is 1.12. The molecule has 3 heteroatoms. The summed E-state index contributed by atoms with van der Waals surface area (Å²) in [5.74, 6) is 1.13. The predicted molar refractivity (Wildman–Crippen MR) is 56.4 cm³/mol. The number of likely N-dealkylation sites (tertiary alicyclic amines) is 1. The minimum absolute atomic E-state index is 0.603. The average molecular weight is 189 g/mol. The van der Waals surface area contributed by atoms with Crippen molar-refractivity contribution in [3.63, 3.8) is 0 Å². The summed E-state index contributed by atoms with van der Waals surface area (Å²) in [4.78, 5) is 9.11. The van der Waals surface area contributed by atoms with Crippen LogP contribution in [0.25, 0.3) is 0 Å². The zero-order valence-electron chi connectivity index (χ0n) is 8.48. The monoisotopic (exact) mass is 189 g/mol. The maximum absolute atomic E-state index is 4.36. The van der Waals surface area contributed by atoms with Gasteiger partial charge in [0.1, 0.15) is 5.82 Å². The highest BCUT2D eigenvalue weighted by Crippen LogP contribution is 2.40. The minimum Gasteiger partial charge on any atom is -0.355 e. The Morgan fingerprint density at radius 2 is 2.00 bits per heavy atom. The fourth-order valence-corrected chi connectivity index (χ4v) is 2.77. The molecule has 0 aromatic carbocycles. The zero-order chi connectivity index (χ0) is 9.60. The van der Waals surface area contributed by atoms with E-state index in [9.17, 15) is 0 Å². The van der Waals surface area contributed by atoms with Gasteiger partial charge in [-0.25, -0.2) is 4.98 Å². The molecule has 2 saturated heterocycles. The number of anilines is 1. The number of aromatic nitrogens is 1. The van der Waals surface area contributed by atoms with Gasteiger partial charge in [-0.1, -0.05) is 6.07 Å². The fraction of sp³-hybridized carbons (Fsp3) is 0.545. The van der Waals surface area contributed by atoms with Gasteiger partial charge < -0.3 is 9.80 Å².